The molecule has 0 saturated carbocycles. The van der Waals surface area contributed by atoms with Gasteiger partial charge in [-0.3, -0.25) is 48.9 Å². The second-order valence-electron chi connectivity index (χ2n) is 9.73. The third-order valence-electron chi connectivity index (χ3n) is 6.49. The van der Waals surface area contributed by atoms with Crippen molar-refractivity contribution in [2.24, 2.45) is 14.1 Å². The van der Waals surface area contributed by atoms with Crippen LogP contribution in [-0.4, -0.2) is 37.2 Å². The van der Waals surface area contributed by atoms with Gasteiger partial charge in [-0.2, -0.15) is 9.13 Å². The number of hydrogen-bond acceptors (Lipinski definition) is 16. The highest BCUT2D eigenvalue weighted by Gasteiger charge is 2.26. The molecule has 18 nitrogen and oxygen atoms in total. The Kier molecular flexibility index (Phi) is 12.3. The number of aryl methyl sites for hydroxylation is 2. The standard InChI is InChI=1S/2C14H10N3O4S2.H2O4S/c2*1-15-10-4-2-3-5-12(10)22-14(15)23-13-7-6-9(16(18)19)8-11(13)17(20)21;1-5(2,3)4/h2*2-8H,1H3;(H2,1,2,3,4)/q2*+1;/p-2. The molecular formula is C28H20N6O12S5. The normalized spacial score (nSPS) is 10.9. The third kappa shape index (κ3) is 9.97. The molecule has 4 aromatic carbocycles. The fourth-order valence-electron chi connectivity index (χ4n) is 4.23. The molecule has 2 heterocycles. The Morgan fingerprint density at radius 3 is 1.20 bits per heavy atom. The fraction of sp³-hybridized carbons (Fsp3) is 0.0714. The summed E-state index contributed by atoms with van der Waals surface area (Å²) in [5.74, 6) is 0. The van der Waals surface area contributed by atoms with E-state index >= 15 is 0 Å². The van der Waals surface area contributed by atoms with Crippen LogP contribution < -0.4 is 9.13 Å². The van der Waals surface area contributed by atoms with Gasteiger partial charge in [-0.15, -0.1) is 0 Å². The molecule has 51 heavy (non-hydrogen) atoms. The number of nitrogens with zero attached hydrogens (tertiary/aromatic N) is 6. The van der Waals surface area contributed by atoms with Gasteiger partial charge in [0.2, 0.25) is 11.0 Å². The molecule has 0 aliphatic heterocycles. The van der Waals surface area contributed by atoms with Crippen LogP contribution in [-0.2, 0) is 24.5 Å². The van der Waals surface area contributed by atoms with Crippen molar-refractivity contribution in [3.05, 3.63) is 125 Å². The number of nitro groups is 4. The van der Waals surface area contributed by atoms with Gasteiger partial charge in [-0.25, -0.2) is 0 Å². The highest BCUT2D eigenvalue weighted by atomic mass is 32.3. The Morgan fingerprint density at radius 1 is 0.569 bits per heavy atom. The minimum atomic E-state index is -5.17. The zero-order valence-corrected chi connectivity index (χ0v) is 29.8. The summed E-state index contributed by atoms with van der Waals surface area (Å²) >= 11 is 5.50. The Labute approximate surface area is 302 Å². The molecule has 0 fully saturated rings. The van der Waals surface area contributed by atoms with Gasteiger partial charge >= 0.3 is 8.68 Å². The summed E-state index contributed by atoms with van der Waals surface area (Å²) < 4.78 is 41.9. The largest absolute Gasteiger partial charge is 0.759 e. The number of nitro benzene ring substituents is 4. The molecule has 6 aromatic rings. The number of thiazole rings is 2. The molecule has 0 atom stereocenters. The average Bonchev–Trinajstić information content (AvgIpc) is 3.55. The predicted molar refractivity (Wildman–Crippen MR) is 184 cm³/mol. The van der Waals surface area contributed by atoms with Crippen molar-refractivity contribution in [3.63, 3.8) is 0 Å². The average molecular weight is 793 g/mol. The van der Waals surface area contributed by atoms with Crippen LogP contribution in [0.2, 0.25) is 0 Å². The van der Waals surface area contributed by atoms with Crippen molar-refractivity contribution in [2.45, 2.75) is 18.5 Å². The van der Waals surface area contributed by atoms with E-state index in [4.69, 9.17) is 17.5 Å². The lowest BCUT2D eigenvalue weighted by Gasteiger charge is -2.06. The van der Waals surface area contributed by atoms with Crippen LogP contribution in [0.15, 0.2) is 103 Å². The number of benzene rings is 4. The first kappa shape index (κ1) is 38.6. The first-order valence-electron chi connectivity index (χ1n) is 13.6. The number of para-hydroxylation sites is 2. The van der Waals surface area contributed by atoms with E-state index in [-0.39, 0.29) is 22.7 Å². The molecule has 0 N–H and O–H groups in total. The molecule has 0 amide bonds. The molecule has 0 bridgehead atoms. The smallest absolute Gasteiger partial charge is 0.303 e. The van der Waals surface area contributed by atoms with Crippen molar-refractivity contribution in [1.82, 2.24) is 0 Å². The van der Waals surface area contributed by atoms with E-state index in [9.17, 15) is 40.5 Å². The van der Waals surface area contributed by atoms with E-state index in [0.29, 0.717) is 9.79 Å². The number of aromatic nitrogens is 2. The van der Waals surface area contributed by atoms with Gasteiger partial charge in [-0.05, 0) is 47.8 Å². The van der Waals surface area contributed by atoms with Gasteiger partial charge in [0.05, 0.1) is 41.6 Å². The second kappa shape index (κ2) is 16.2. The Morgan fingerprint density at radius 2 is 0.902 bits per heavy atom. The van der Waals surface area contributed by atoms with Gasteiger partial charge in [-0.1, -0.05) is 46.9 Å². The van der Waals surface area contributed by atoms with Crippen molar-refractivity contribution in [3.8, 4) is 0 Å². The van der Waals surface area contributed by atoms with Crippen molar-refractivity contribution in [1.29, 1.82) is 0 Å². The molecule has 23 heteroatoms. The third-order valence-corrected chi connectivity index (χ3v) is 11.5. The topological polar surface area (TPSA) is 261 Å². The quantitative estimate of drug-likeness (QED) is 0.0559. The van der Waals surface area contributed by atoms with Crippen LogP contribution in [0, 0.1) is 40.5 Å². The van der Waals surface area contributed by atoms with Crippen molar-refractivity contribution in [2.75, 3.05) is 0 Å². The summed E-state index contributed by atoms with van der Waals surface area (Å²) in [6, 6.07) is 23.0. The van der Waals surface area contributed by atoms with E-state index in [2.05, 4.69) is 0 Å². The van der Waals surface area contributed by atoms with Crippen LogP contribution in [0.5, 0.6) is 0 Å². The molecule has 0 aliphatic carbocycles. The van der Waals surface area contributed by atoms with Crippen LogP contribution in [0.1, 0.15) is 0 Å². The summed E-state index contributed by atoms with van der Waals surface area (Å²) in [5, 5.41) is 44.0. The minimum absolute atomic E-state index is 0.262. The maximum atomic E-state index is 11.2. The number of non-ortho nitro benzene ring substituents is 2. The molecule has 264 valence electrons. The molecule has 2 aromatic heterocycles. The van der Waals surface area contributed by atoms with Gasteiger partial charge in [0, 0.05) is 34.7 Å². The monoisotopic (exact) mass is 792 g/mol. The highest BCUT2D eigenvalue weighted by molar-refractivity contribution is 8.01. The van der Waals surface area contributed by atoms with Crippen LogP contribution in [0.3, 0.4) is 0 Å². The molecule has 0 spiro atoms. The van der Waals surface area contributed by atoms with Gasteiger partial charge in [0.1, 0.15) is 23.5 Å². The van der Waals surface area contributed by atoms with Gasteiger partial charge < -0.3 is 9.11 Å². The highest BCUT2D eigenvalue weighted by Crippen LogP contribution is 2.40. The molecule has 0 radical (unpaired) electrons. The van der Waals surface area contributed by atoms with E-state index in [0.717, 1.165) is 41.2 Å². The molecule has 6 rings (SSSR count). The van der Waals surface area contributed by atoms with E-state index < -0.39 is 30.1 Å². The second-order valence-corrected chi connectivity index (χ2v) is 15.2. The Hall–Kier alpha value is -5.17. The lowest BCUT2D eigenvalue weighted by Crippen LogP contribution is -2.27. The number of rotatable bonds is 8. The predicted octanol–water partition coefficient (Wildman–Crippen LogP) is 6.05. The van der Waals surface area contributed by atoms with Crippen molar-refractivity contribution < 1.29 is 46.4 Å². The maximum Gasteiger partial charge on any atom is 0.303 e. The summed E-state index contributed by atoms with van der Waals surface area (Å²) in [6.07, 6.45) is 0. The van der Waals surface area contributed by atoms with Crippen LogP contribution in [0.25, 0.3) is 20.4 Å². The first-order chi connectivity index (χ1) is 23.9. The Bertz CT molecular complexity index is 2270. The van der Waals surface area contributed by atoms with Gasteiger partial charge in [0.15, 0.2) is 0 Å². The minimum Gasteiger partial charge on any atom is -0.759 e. The van der Waals surface area contributed by atoms with E-state index in [1.54, 1.807) is 0 Å². The first-order valence-corrected chi connectivity index (χ1v) is 18.2. The van der Waals surface area contributed by atoms with E-state index in [1.165, 1.54) is 70.5 Å². The Balaban J connectivity index is 0.000000202. The summed E-state index contributed by atoms with van der Waals surface area (Å²) in [4.78, 5) is 42.3. The number of hydrogen-bond donors (Lipinski definition) is 0. The summed E-state index contributed by atoms with van der Waals surface area (Å²) in [5.41, 5.74) is 0.959. The lowest BCUT2D eigenvalue weighted by molar-refractivity contribution is -0.677. The molecule has 0 saturated heterocycles. The fourth-order valence-corrected chi connectivity index (χ4v) is 8.99. The molecular weight excluding hydrogens is 773 g/mol. The SMILES string of the molecule is C[n+]1c(Sc2ccc([N+](=O)[O-])cc2[N+](=O)[O-])sc2ccccc21.C[n+]1c(Sc2ccc([N+](=O)[O-])cc2[N+](=O)[O-])sc2ccccc21.O=S(=O)([O-])[O-]. The lowest BCUT2D eigenvalue weighted by atomic mass is 10.3. The van der Waals surface area contributed by atoms with Crippen molar-refractivity contribution >= 4 is 99.8 Å². The van der Waals surface area contributed by atoms with E-state index in [1.807, 2.05) is 71.8 Å². The number of fused-ring (bicyclic) bond motifs is 2. The zero-order valence-electron chi connectivity index (χ0n) is 25.7. The molecule has 0 aliphatic rings. The van der Waals surface area contributed by atoms with Crippen LogP contribution in [0.4, 0.5) is 22.7 Å². The zero-order chi connectivity index (χ0) is 37.6. The summed E-state index contributed by atoms with van der Waals surface area (Å²) in [6.45, 7) is 0. The van der Waals surface area contributed by atoms with Crippen LogP contribution >= 0.6 is 46.2 Å². The molecule has 0 unspecified atom stereocenters. The maximum absolute atomic E-state index is 11.2. The van der Waals surface area contributed by atoms with Gasteiger partial charge in [0.25, 0.3) is 22.7 Å². The summed E-state index contributed by atoms with van der Waals surface area (Å²) in [7, 11) is -1.39.